The lowest BCUT2D eigenvalue weighted by atomic mass is 10.2. The van der Waals surface area contributed by atoms with E-state index in [9.17, 15) is 27.6 Å². The van der Waals surface area contributed by atoms with E-state index in [0.717, 1.165) is 20.3 Å². The number of hydrogen-bond acceptors (Lipinski definition) is 6. The molecule has 1 aromatic carbocycles. The number of carbonyl (C=O) groups excluding carboxylic acids is 3. The summed E-state index contributed by atoms with van der Waals surface area (Å²) >= 11 is 0. The van der Waals surface area contributed by atoms with Gasteiger partial charge in [0, 0.05) is 11.4 Å². The number of alkyl halides is 3. The van der Waals surface area contributed by atoms with Gasteiger partial charge in [-0.1, -0.05) is 0 Å². The fraction of sp³-hybridized carbons (Fsp3) is 0.214. The van der Waals surface area contributed by atoms with Crippen LogP contribution in [0.2, 0.25) is 0 Å². The van der Waals surface area contributed by atoms with Gasteiger partial charge >= 0.3 is 24.0 Å². The standard InChI is InChI=1S/C14H13F3N2O5/c1-23-11(20)7-10(12(21)24-2)18-8-3-5-9(6-4-8)19-13(22)14(15,16)17/h3-7,18H,1-2H3,(H,19,22)/b10-7+. The minimum atomic E-state index is -5.00. The van der Waals surface area contributed by atoms with E-state index in [-0.39, 0.29) is 17.1 Å². The number of esters is 2. The zero-order chi connectivity index (χ0) is 18.3. The highest BCUT2D eigenvalue weighted by Crippen LogP contribution is 2.20. The topological polar surface area (TPSA) is 93.7 Å². The monoisotopic (exact) mass is 346 g/mol. The van der Waals surface area contributed by atoms with Crippen molar-refractivity contribution in [1.29, 1.82) is 0 Å². The first-order chi connectivity index (χ1) is 11.2. The van der Waals surface area contributed by atoms with Crippen molar-refractivity contribution in [2.24, 2.45) is 0 Å². The molecule has 1 rings (SSSR count). The Morgan fingerprint density at radius 2 is 1.46 bits per heavy atom. The molecule has 1 aromatic rings. The average Bonchev–Trinajstić information content (AvgIpc) is 2.54. The van der Waals surface area contributed by atoms with Gasteiger partial charge in [-0.25, -0.2) is 9.59 Å². The van der Waals surface area contributed by atoms with Crippen molar-refractivity contribution in [2.45, 2.75) is 6.18 Å². The molecule has 10 heteroatoms. The number of benzene rings is 1. The minimum absolute atomic E-state index is 0.0977. The lowest BCUT2D eigenvalue weighted by Crippen LogP contribution is -2.29. The number of amides is 1. The van der Waals surface area contributed by atoms with Crippen molar-refractivity contribution < 1.29 is 37.0 Å². The van der Waals surface area contributed by atoms with Crippen molar-refractivity contribution in [3.63, 3.8) is 0 Å². The van der Waals surface area contributed by atoms with Crippen molar-refractivity contribution in [3.05, 3.63) is 36.0 Å². The summed E-state index contributed by atoms with van der Waals surface area (Å²) in [5, 5.41) is 4.22. The first-order valence-corrected chi connectivity index (χ1v) is 6.30. The molecule has 0 spiro atoms. The third-order valence-corrected chi connectivity index (χ3v) is 2.55. The summed E-state index contributed by atoms with van der Waals surface area (Å²) in [5.41, 5.74) is -0.0728. The second-order valence-corrected chi connectivity index (χ2v) is 4.23. The summed E-state index contributed by atoms with van der Waals surface area (Å²) in [7, 11) is 2.22. The lowest BCUT2D eigenvalue weighted by Gasteiger charge is -2.11. The number of ether oxygens (including phenoxy) is 2. The summed E-state index contributed by atoms with van der Waals surface area (Å²) in [6.45, 7) is 0. The largest absolute Gasteiger partial charge is 0.471 e. The van der Waals surface area contributed by atoms with E-state index < -0.39 is 24.0 Å². The molecule has 0 saturated heterocycles. The molecule has 2 N–H and O–H groups in total. The highest BCUT2D eigenvalue weighted by atomic mass is 19.4. The average molecular weight is 346 g/mol. The summed E-state index contributed by atoms with van der Waals surface area (Å²) in [5.74, 6) is -3.77. The van der Waals surface area contributed by atoms with Crippen molar-refractivity contribution in [1.82, 2.24) is 0 Å². The smallest absolute Gasteiger partial charge is 0.466 e. The van der Waals surface area contributed by atoms with E-state index in [4.69, 9.17) is 0 Å². The van der Waals surface area contributed by atoms with Gasteiger partial charge in [-0.3, -0.25) is 4.79 Å². The Bertz CT molecular complexity index is 653. The zero-order valence-electron chi connectivity index (χ0n) is 12.6. The number of hydrogen-bond donors (Lipinski definition) is 2. The Balaban J connectivity index is 2.88. The quantitative estimate of drug-likeness (QED) is 0.624. The van der Waals surface area contributed by atoms with E-state index in [1.165, 1.54) is 24.3 Å². The highest BCUT2D eigenvalue weighted by molar-refractivity contribution is 5.99. The minimum Gasteiger partial charge on any atom is -0.466 e. The van der Waals surface area contributed by atoms with Gasteiger partial charge in [-0.05, 0) is 24.3 Å². The van der Waals surface area contributed by atoms with E-state index in [2.05, 4.69) is 14.8 Å². The van der Waals surface area contributed by atoms with Gasteiger partial charge < -0.3 is 20.1 Å². The van der Waals surface area contributed by atoms with Crippen LogP contribution in [0, 0.1) is 0 Å². The van der Waals surface area contributed by atoms with Gasteiger partial charge in [0.25, 0.3) is 0 Å². The van der Waals surface area contributed by atoms with Crippen LogP contribution in [0.5, 0.6) is 0 Å². The third kappa shape index (κ3) is 5.63. The Morgan fingerprint density at radius 1 is 0.958 bits per heavy atom. The van der Waals surface area contributed by atoms with Gasteiger partial charge in [-0.2, -0.15) is 13.2 Å². The number of nitrogens with one attached hydrogen (secondary N) is 2. The van der Waals surface area contributed by atoms with Crippen LogP contribution in [0.15, 0.2) is 36.0 Å². The number of methoxy groups -OCH3 is 2. The van der Waals surface area contributed by atoms with Gasteiger partial charge in [0.2, 0.25) is 0 Å². The predicted molar refractivity (Wildman–Crippen MR) is 76.9 cm³/mol. The molecule has 0 aliphatic carbocycles. The van der Waals surface area contributed by atoms with Crippen LogP contribution in [0.3, 0.4) is 0 Å². The Hall–Kier alpha value is -3.04. The molecule has 0 aliphatic heterocycles. The van der Waals surface area contributed by atoms with Crippen LogP contribution < -0.4 is 10.6 Å². The van der Waals surface area contributed by atoms with Crippen LogP contribution >= 0.6 is 0 Å². The Morgan fingerprint density at radius 3 is 1.88 bits per heavy atom. The van der Waals surface area contributed by atoms with E-state index in [0.29, 0.717) is 0 Å². The molecule has 0 saturated carbocycles. The number of anilines is 2. The third-order valence-electron chi connectivity index (χ3n) is 2.55. The SMILES string of the molecule is COC(=O)/C=C(/Nc1ccc(NC(=O)C(F)(F)F)cc1)C(=O)OC. The summed E-state index contributed by atoms with van der Waals surface area (Å²) in [6.07, 6.45) is -4.15. The van der Waals surface area contributed by atoms with Gasteiger partial charge in [-0.15, -0.1) is 0 Å². The van der Waals surface area contributed by atoms with Crippen LogP contribution in [-0.2, 0) is 23.9 Å². The Kier molecular flexibility index (Phi) is 6.33. The summed E-state index contributed by atoms with van der Waals surface area (Å²) < 4.78 is 45.3. The molecule has 0 bridgehead atoms. The van der Waals surface area contributed by atoms with Crippen molar-refractivity contribution in [3.8, 4) is 0 Å². The maximum atomic E-state index is 12.1. The van der Waals surface area contributed by atoms with E-state index in [1.807, 2.05) is 0 Å². The molecule has 0 radical (unpaired) electrons. The normalized spacial score (nSPS) is 11.5. The lowest BCUT2D eigenvalue weighted by molar-refractivity contribution is -0.167. The Labute approximate surface area is 134 Å². The fourth-order valence-corrected chi connectivity index (χ4v) is 1.43. The van der Waals surface area contributed by atoms with Gasteiger partial charge in [0.05, 0.1) is 20.3 Å². The molecule has 0 fully saturated rings. The number of rotatable bonds is 5. The highest BCUT2D eigenvalue weighted by Gasteiger charge is 2.38. The molecular weight excluding hydrogens is 333 g/mol. The molecule has 0 unspecified atom stereocenters. The van der Waals surface area contributed by atoms with E-state index >= 15 is 0 Å². The molecule has 7 nitrogen and oxygen atoms in total. The molecular formula is C14H13F3N2O5. The molecule has 0 heterocycles. The number of carbonyl (C=O) groups is 3. The van der Waals surface area contributed by atoms with Gasteiger partial charge in [0.1, 0.15) is 5.70 Å². The van der Waals surface area contributed by atoms with Crippen LogP contribution in [0.25, 0.3) is 0 Å². The second kappa shape index (κ2) is 7.99. The van der Waals surface area contributed by atoms with E-state index in [1.54, 1.807) is 5.32 Å². The van der Waals surface area contributed by atoms with Gasteiger partial charge in [0.15, 0.2) is 0 Å². The van der Waals surface area contributed by atoms with Crippen LogP contribution in [0.4, 0.5) is 24.5 Å². The maximum absolute atomic E-state index is 12.1. The zero-order valence-corrected chi connectivity index (χ0v) is 12.6. The fourth-order valence-electron chi connectivity index (χ4n) is 1.43. The number of halogens is 3. The first-order valence-electron chi connectivity index (χ1n) is 6.30. The predicted octanol–water partition coefficient (Wildman–Crippen LogP) is 1.83. The van der Waals surface area contributed by atoms with Crippen LogP contribution in [0.1, 0.15) is 0 Å². The van der Waals surface area contributed by atoms with Crippen molar-refractivity contribution >= 4 is 29.2 Å². The molecule has 0 aliphatic rings. The molecule has 0 aromatic heterocycles. The maximum Gasteiger partial charge on any atom is 0.471 e. The molecule has 24 heavy (non-hydrogen) atoms. The van der Waals surface area contributed by atoms with Crippen molar-refractivity contribution in [2.75, 3.05) is 24.9 Å². The summed E-state index contributed by atoms with van der Waals surface area (Å²) in [4.78, 5) is 33.6. The molecule has 130 valence electrons. The molecule has 0 atom stereocenters. The van der Waals surface area contributed by atoms with Crippen LogP contribution in [-0.4, -0.2) is 38.2 Å². The second-order valence-electron chi connectivity index (χ2n) is 4.23. The molecule has 1 amide bonds. The summed E-state index contributed by atoms with van der Waals surface area (Å²) in [6, 6.07) is 4.94. The first kappa shape index (κ1) is 19.0.